The molecule has 1 aliphatic carbocycles. The van der Waals surface area contributed by atoms with Gasteiger partial charge in [-0.15, -0.1) is 0 Å². The first-order valence-corrected chi connectivity index (χ1v) is 10.4. The second-order valence-electron chi connectivity index (χ2n) is 6.52. The number of fused-ring (bicyclic) bond motifs is 1. The Hall–Kier alpha value is -2.65. The average Bonchev–Trinajstić information content (AvgIpc) is 3.43. The second kappa shape index (κ2) is 7.71. The van der Waals surface area contributed by atoms with Crippen molar-refractivity contribution >= 4 is 32.6 Å². The van der Waals surface area contributed by atoms with E-state index in [0.717, 1.165) is 29.2 Å². The second-order valence-corrected chi connectivity index (χ2v) is 8.71. The zero-order valence-corrected chi connectivity index (χ0v) is 15.1. The number of nitrogens with zero attached hydrogens (tertiary/aromatic N) is 1. The number of nitriles is 1. The molecule has 0 aromatic heterocycles. The lowest BCUT2D eigenvalue weighted by atomic mass is 10.1. The maximum Gasteiger partial charge on any atom is 0.248 e. The molecule has 0 spiro atoms. The van der Waals surface area contributed by atoms with Crippen molar-refractivity contribution in [1.82, 2.24) is 5.32 Å². The lowest BCUT2D eigenvalue weighted by Crippen LogP contribution is -2.30. The fourth-order valence-electron chi connectivity index (χ4n) is 2.69. The third-order valence-electron chi connectivity index (χ3n) is 4.22. The summed E-state index contributed by atoms with van der Waals surface area (Å²) < 4.78 is 24.5. The van der Waals surface area contributed by atoms with Crippen molar-refractivity contribution in [2.24, 2.45) is 0 Å². The summed E-state index contributed by atoms with van der Waals surface area (Å²) in [4.78, 5) is 12.5. The number of carbonyl (C=O) groups is 1. The largest absolute Gasteiger partial charge is 0.350 e. The molecule has 0 saturated heterocycles. The summed E-state index contributed by atoms with van der Waals surface area (Å²) in [6.45, 7) is 0. The third kappa shape index (κ3) is 4.93. The van der Waals surface area contributed by atoms with Crippen LogP contribution in [0.25, 0.3) is 16.8 Å². The lowest BCUT2D eigenvalue weighted by Gasteiger charge is -2.09. The summed E-state index contributed by atoms with van der Waals surface area (Å²) in [6, 6.07) is 15.6. The zero-order valence-electron chi connectivity index (χ0n) is 14.3. The lowest BCUT2D eigenvalue weighted by molar-refractivity contribution is -0.117. The number of benzene rings is 2. The van der Waals surface area contributed by atoms with Crippen LogP contribution in [0.2, 0.25) is 0 Å². The van der Waals surface area contributed by atoms with Crippen molar-refractivity contribution in [3.63, 3.8) is 0 Å². The normalized spacial score (nSPS) is 14.8. The maximum absolute atomic E-state index is 12.5. The molecule has 0 radical (unpaired) electrons. The molecule has 1 aliphatic rings. The molecule has 2 aromatic carbocycles. The number of rotatable bonds is 7. The molecule has 3 rings (SSSR count). The zero-order chi connectivity index (χ0) is 18.6. The van der Waals surface area contributed by atoms with Gasteiger partial charge >= 0.3 is 0 Å². The van der Waals surface area contributed by atoms with E-state index in [1.807, 2.05) is 48.5 Å². The number of nitrogens with one attached hydrogen (secondary N) is 1. The van der Waals surface area contributed by atoms with Crippen molar-refractivity contribution in [2.45, 2.75) is 25.3 Å². The molecule has 5 nitrogen and oxygen atoms in total. The van der Waals surface area contributed by atoms with E-state index in [2.05, 4.69) is 5.32 Å². The molecule has 0 bridgehead atoms. The van der Waals surface area contributed by atoms with Gasteiger partial charge in [-0.3, -0.25) is 4.79 Å². The Bertz CT molecular complexity index is 999. The van der Waals surface area contributed by atoms with E-state index in [4.69, 9.17) is 5.26 Å². The van der Waals surface area contributed by atoms with Crippen LogP contribution in [0.5, 0.6) is 0 Å². The molecule has 1 N–H and O–H groups in total. The van der Waals surface area contributed by atoms with E-state index in [0.29, 0.717) is 0 Å². The fourth-order valence-corrected chi connectivity index (χ4v) is 3.92. The van der Waals surface area contributed by atoms with E-state index >= 15 is 0 Å². The summed E-state index contributed by atoms with van der Waals surface area (Å²) in [7, 11) is -3.52. The highest BCUT2D eigenvalue weighted by molar-refractivity contribution is 7.91. The monoisotopic (exact) mass is 368 g/mol. The molecule has 0 atom stereocenters. The highest BCUT2D eigenvalue weighted by atomic mass is 32.2. The van der Waals surface area contributed by atoms with Gasteiger partial charge in [0.1, 0.15) is 0 Å². The molecular weight excluding hydrogens is 348 g/mol. The first-order chi connectivity index (χ1) is 12.5. The Morgan fingerprint density at radius 3 is 2.62 bits per heavy atom. The Kier molecular flexibility index (Phi) is 5.38. The van der Waals surface area contributed by atoms with Crippen LogP contribution in [0.3, 0.4) is 0 Å². The van der Waals surface area contributed by atoms with Crippen molar-refractivity contribution in [2.75, 3.05) is 11.5 Å². The first kappa shape index (κ1) is 18.2. The van der Waals surface area contributed by atoms with Crippen LogP contribution < -0.4 is 5.32 Å². The molecule has 134 valence electrons. The standard InChI is InChI=1S/C20H20N2O3S/c21-10-3-11-26(24,25)14-18(20(23)22-19-8-9-19)13-15-6-7-16-4-1-2-5-17(16)12-15/h1-2,4-7,12-13,19H,3,8-9,11,14H2,(H,22,23)/b18-13+. The molecule has 1 saturated carbocycles. The Morgan fingerprint density at radius 1 is 1.19 bits per heavy atom. The SMILES string of the molecule is N#CCCS(=O)(=O)C/C(=C\c1ccc2ccccc2c1)C(=O)NC1CC1. The summed E-state index contributed by atoms with van der Waals surface area (Å²) in [5, 5.41) is 13.6. The summed E-state index contributed by atoms with van der Waals surface area (Å²) in [5.74, 6) is -0.948. The summed E-state index contributed by atoms with van der Waals surface area (Å²) in [6.07, 6.45) is 3.41. The summed E-state index contributed by atoms with van der Waals surface area (Å²) >= 11 is 0. The molecule has 0 heterocycles. The predicted molar refractivity (Wildman–Crippen MR) is 102 cm³/mol. The van der Waals surface area contributed by atoms with E-state index in [1.54, 1.807) is 6.08 Å². The van der Waals surface area contributed by atoms with E-state index in [9.17, 15) is 13.2 Å². The Morgan fingerprint density at radius 2 is 1.92 bits per heavy atom. The maximum atomic E-state index is 12.5. The minimum absolute atomic E-state index is 0.0736. The average molecular weight is 368 g/mol. The molecular formula is C20H20N2O3S. The van der Waals surface area contributed by atoms with E-state index in [-0.39, 0.29) is 35.4 Å². The third-order valence-corrected chi connectivity index (χ3v) is 5.80. The fraction of sp³-hybridized carbons (Fsp3) is 0.300. The van der Waals surface area contributed by atoms with E-state index < -0.39 is 9.84 Å². The minimum atomic E-state index is -3.52. The molecule has 6 heteroatoms. The first-order valence-electron chi connectivity index (χ1n) is 8.54. The van der Waals surface area contributed by atoms with Gasteiger partial charge in [-0.2, -0.15) is 5.26 Å². The van der Waals surface area contributed by atoms with Crippen molar-refractivity contribution in [1.29, 1.82) is 5.26 Å². The van der Waals surface area contributed by atoms with Gasteiger partial charge in [0.25, 0.3) is 0 Å². The van der Waals surface area contributed by atoms with Crippen molar-refractivity contribution in [3.05, 3.63) is 53.6 Å². The number of sulfone groups is 1. The smallest absolute Gasteiger partial charge is 0.248 e. The van der Waals surface area contributed by atoms with Crippen LogP contribution in [0.15, 0.2) is 48.0 Å². The molecule has 26 heavy (non-hydrogen) atoms. The van der Waals surface area contributed by atoms with Gasteiger partial charge in [-0.1, -0.05) is 36.4 Å². The molecule has 0 unspecified atom stereocenters. The van der Waals surface area contributed by atoms with Gasteiger partial charge in [-0.05, 0) is 41.3 Å². The topological polar surface area (TPSA) is 87.0 Å². The van der Waals surface area contributed by atoms with Gasteiger partial charge < -0.3 is 5.32 Å². The number of carbonyl (C=O) groups excluding carboxylic acids is 1. The van der Waals surface area contributed by atoms with Crippen LogP contribution in [0.4, 0.5) is 0 Å². The van der Waals surface area contributed by atoms with Crippen LogP contribution in [-0.2, 0) is 14.6 Å². The van der Waals surface area contributed by atoms with Gasteiger partial charge in [0.2, 0.25) is 5.91 Å². The van der Waals surface area contributed by atoms with Crippen LogP contribution >= 0.6 is 0 Å². The van der Waals surface area contributed by atoms with Crippen LogP contribution in [-0.4, -0.2) is 31.9 Å². The van der Waals surface area contributed by atoms with Gasteiger partial charge in [-0.25, -0.2) is 8.42 Å². The molecule has 1 amide bonds. The van der Waals surface area contributed by atoms with Gasteiger partial charge in [0.05, 0.1) is 17.6 Å². The van der Waals surface area contributed by atoms with Gasteiger partial charge in [0.15, 0.2) is 9.84 Å². The highest BCUT2D eigenvalue weighted by Crippen LogP contribution is 2.21. The Labute approximate surface area is 153 Å². The van der Waals surface area contributed by atoms with Crippen LogP contribution in [0, 0.1) is 11.3 Å². The molecule has 1 fully saturated rings. The van der Waals surface area contributed by atoms with Gasteiger partial charge in [0, 0.05) is 18.0 Å². The molecule has 2 aromatic rings. The Balaban J connectivity index is 1.90. The van der Waals surface area contributed by atoms with Crippen molar-refractivity contribution < 1.29 is 13.2 Å². The predicted octanol–water partition coefficient (Wildman–Crippen LogP) is 2.83. The number of hydrogen-bond donors (Lipinski definition) is 1. The quantitative estimate of drug-likeness (QED) is 0.761. The van der Waals surface area contributed by atoms with Crippen LogP contribution in [0.1, 0.15) is 24.8 Å². The van der Waals surface area contributed by atoms with Crippen molar-refractivity contribution in [3.8, 4) is 6.07 Å². The molecule has 0 aliphatic heterocycles. The minimum Gasteiger partial charge on any atom is -0.350 e. The number of hydrogen-bond acceptors (Lipinski definition) is 4. The van der Waals surface area contributed by atoms with E-state index in [1.165, 1.54) is 0 Å². The number of amides is 1. The summed E-state index contributed by atoms with van der Waals surface area (Å²) in [5.41, 5.74) is 0.991. The highest BCUT2D eigenvalue weighted by Gasteiger charge is 2.26.